The minimum absolute atomic E-state index is 0.211. The molecule has 0 radical (unpaired) electrons. The Morgan fingerprint density at radius 2 is 2.33 bits per heavy atom. The molecule has 1 atom stereocenters. The maximum absolute atomic E-state index is 5.77. The van der Waals surface area contributed by atoms with Crippen LogP contribution in [-0.2, 0) is 4.74 Å². The number of ether oxygens (including phenoxy) is 1. The summed E-state index contributed by atoms with van der Waals surface area (Å²) in [6, 6.07) is 0. The molecule has 84 valence electrons. The molecule has 0 aromatic rings. The van der Waals surface area contributed by atoms with Crippen LogP contribution in [0.2, 0.25) is 0 Å². The van der Waals surface area contributed by atoms with Gasteiger partial charge in [0.1, 0.15) is 5.37 Å². The molecule has 0 spiro atoms. The number of rotatable bonds is 3. The van der Waals surface area contributed by atoms with Gasteiger partial charge in [-0.1, -0.05) is 24.0 Å². The number of nitrogens with zero attached hydrogens (tertiary/aromatic N) is 2. The maximum atomic E-state index is 5.77. The normalized spacial score (nSPS) is 27.9. The molecular weight excluding hydrogens is 230 g/mol. The Kier molecular flexibility index (Phi) is 3.85. The number of thiocarbonyl (C=S) groups is 1. The maximum Gasteiger partial charge on any atom is 0.111 e. The van der Waals surface area contributed by atoms with Crippen LogP contribution in [-0.4, -0.2) is 53.5 Å². The van der Waals surface area contributed by atoms with Crippen LogP contribution in [0.1, 0.15) is 0 Å². The van der Waals surface area contributed by atoms with Gasteiger partial charge in [-0.2, -0.15) is 0 Å². The first kappa shape index (κ1) is 11.2. The summed E-state index contributed by atoms with van der Waals surface area (Å²) in [5, 5.41) is 2.82. The van der Waals surface area contributed by atoms with Crippen molar-refractivity contribution in [1.29, 1.82) is 0 Å². The van der Waals surface area contributed by atoms with Gasteiger partial charge in [0.2, 0.25) is 0 Å². The Morgan fingerprint density at radius 1 is 1.60 bits per heavy atom. The number of nitrogens with two attached hydrogens (primary N) is 1. The van der Waals surface area contributed by atoms with Crippen LogP contribution in [0.25, 0.3) is 0 Å². The van der Waals surface area contributed by atoms with Crippen molar-refractivity contribution in [2.24, 2.45) is 5.73 Å². The predicted octanol–water partition coefficient (Wildman–Crippen LogP) is 0.408. The van der Waals surface area contributed by atoms with E-state index in [4.69, 9.17) is 22.7 Å². The second kappa shape index (κ2) is 5.16. The lowest BCUT2D eigenvalue weighted by Gasteiger charge is -2.32. The topological polar surface area (TPSA) is 41.7 Å². The van der Waals surface area contributed by atoms with Crippen molar-refractivity contribution in [2.45, 2.75) is 5.37 Å². The summed E-state index contributed by atoms with van der Waals surface area (Å²) in [5.41, 5.74) is 5.77. The van der Waals surface area contributed by atoms with E-state index < -0.39 is 0 Å². The molecule has 0 saturated carbocycles. The third kappa shape index (κ3) is 2.84. The summed E-state index contributed by atoms with van der Waals surface area (Å²) in [7, 11) is 0. The minimum Gasteiger partial charge on any atom is -0.392 e. The van der Waals surface area contributed by atoms with Gasteiger partial charge in [0.05, 0.1) is 24.9 Å². The van der Waals surface area contributed by atoms with Crippen molar-refractivity contribution < 1.29 is 4.74 Å². The lowest BCUT2D eigenvalue weighted by molar-refractivity contribution is 0.0196. The van der Waals surface area contributed by atoms with E-state index in [-0.39, 0.29) is 5.37 Å². The predicted molar refractivity (Wildman–Crippen MR) is 66.4 cm³/mol. The highest BCUT2D eigenvalue weighted by Gasteiger charge is 2.24. The van der Waals surface area contributed by atoms with E-state index >= 15 is 0 Å². The molecule has 1 saturated heterocycles. The quantitative estimate of drug-likeness (QED) is 0.726. The molecule has 0 aliphatic carbocycles. The van der Waals surface area contributed by atoms with E-state index in [1.165, 1.54) is 0 Å². The number of hydrogen-bond donors (Lipinski definition) is 1. The van der Waals surface area contributed by atoms with E-state index in [0.717, 1.165) is 38.0 Å². The van der Waals surface area contributed by atoms with Crippen molar-refractivity contribution in [3.63, 3.8) is 0 Å². The summed E-state index contributed by atoms with van der Waals surface area (Å²) < 4.78 is 5.30. The molecule has 2 N–H and O–H groups in total. The fourth-order valence-corrected chi connectivity index (χ4v) is 2.79. The van der Waals surface area contributed by atoms with E-state index in [2.05, 4.69) is 9.80 Å². The molecule has 2 rings (SSSR count). The van der Waals surface area contributed by atoms with Gasteiger partial charge in [0, 0.05) is 24.7 Å². The zero-order chi connectivity index (χ0) is 10.7. The van der Waals surface area contributed by atoms with Crippen molar-refractivity contribution in [3.8, 4) is 0 Å². The molecule has 0 aromatic carbocycles. The summed E-state index contributed by atoms with van der Waals surface area (Å²) in [4.78, 5) is 4.53. The molecule has 2 aliphatic rings. The molecule has 1 fully saturated rings. The van der Waals surface area contributed by atoms with Crippen LogP contribution < -0.4 is 5.73 Å². The monoisotopic (exact) mass is 245 g/mol. The molecule has 4 nitrogen and oxygen atoms in total. The molecule has 15 heavy (non-hydrogen) atoms. The molecule has 1 unspecified atom stereocenters. The van der Waals surface area contributed by atoms with Gasteiger partial charge in [-0.15, -0.1) is 0 Å². The van der Waals surface area contributed by atoms with E-state index in [0.29, 0.717) is 0 Å². The van der Waals surface area contributed by atoms with Crippen LogP contribution in [0.15, 0.2) is 11.2 Å². The highest BCUT2D eigenvalue weighted by Crippen LogP contribution is 2.28. The average molecular weight is 245 g/mol. The fraction of sp³-hybridized carbons (Fsp3) is 0.667. The third-order valence-corrected chi connectivity index (χ3v) is 3.92. The van der Waals surface area contributed by atoms with Crippen LogP contribution in [0, 0.1) is 0 Å². The van der Waals surface area contributed by atoms with Crippen LogP contribution >= 0.6 is 24.0 Å². The summed E-state index contributed by atoms with van der Waals surface area (Å²) in [5.74, 6) is 0. The third-order valence-electron chi connectivity index (χ3n) is 2.46. The van der Waals surface area contributed by atoms with Crippen LogP contribution in [0.5, 0.6) is 0 Å². The first-order valence-electron chi connectivity index (χ1n) is 4.94. The van der Waals surface area contributed by atoms with Crippen molar-refractivity contribution >= 4 is 29.3 Å². The van der Waals surface area contributed by atoms with Crippen LogP contribution in [0.3, 0.4) is 0 Å². The highest BCUT2D eigenvalue weighted by atomic mass is 32.2. The number of hydrogen-bond acceptors (Lipinski definition) is 6. The molecule has 2 heterocycles. The highest BCUT2D eigenvalue weighted by molar-refractivity contribution is 8.05. The lowest BCUT2D eigenvalue weighted by Crippen LogP contribution is -2.44. The first-order valence-corrected chi connectivity index (χ1v) is 6.30. The zero-order valence-electron chi connectivity index (χ0n) is 8.46. The average Bonchev–Trinajstić information content (AvgIpc) is 2.60. The zero-order valence-corrected chi connectivity index (χ0v) is 10.1. The smallest absolute Gasteiger partial charge is 0.111 e. The van der Waals surface area contributed by atoms with Gasteiger partial charge < -0.3 is 15.4 Å². The summed E-state index contributed by atoms with van der Waals surface area (Å²) in [6.07, 6.45) is 1.98. The van der Waals surface area contributed by atoms with Gasteiger partial charge >= 0.3 is 0 Å². The minimum atomic E-state index is 0.211. The van der Waals surface area contributed by atoms with Gasteiger partial charge in [-0.3, -0.25) is 4.90 Å². The summed E-state index contributed by atoms with van der Waals surface area (Å²) in [6.45, 7) is 4.50. The molecule has 0 bridgehead atoms. The van der Waals surface area contributed by atoms with Crippen LogP contribution in [0.4, 0.5) is 0 Å². The van der Waals surface area contributed by atoms with E-state index in [1.807, 2.05) is 6.20 Å². The number of thioether (sulfide) groups is 1. The Bertz CT molecular complexity index is 266. The van der Waals surface area contributed by atoms with Crippen molar-refractivity contribution in [3.05, 3.63) is 11.2 Å². The largest absolute Gasteiger partial charge is 0.392 e. The molecule has 6 heteroatoms. The van der Waals surface area contributed by atoms with Gasteiger partial charge in [-0.05, 0) is 0 Å². The lowest BCUT2D eigenvalue weighted by atomic mass is 10.4. The van der Waals surface area contributed by atoms with Crippen molar-refractivity contribution in [1.82, 2.24) is 9.80 Å². The molecule has 0 aromatic heterocycles. The van der Waals surface area contributed by atoms with E-state index in [1.54, 1.807) is 17.1 Å². The van der Waals surface area contributed by atoms with Gasteiger partial charge in [0.15, 0.2) is 0 Å². The SMILES string of the molecule is NC1=CN(CN2CCOCC2)C(C=S)S1. The molecule has 0 amide bonds. The van der Waals surface area contributed by atoms with Gasteiger partial charge in [-0.25, -0.2) is 0 Å². The van der Waals surface area contributed by atoms with Crippen molar-refractivity contribution in [2.75, 3.05) is 33.0 Å². The Labute approximate surface area is 99.4 Å². The Morgan fingerprint density at radius 3 is 3.00 bits per heavy atom. The fourth-order valence-electron chi connectivity index (χ4n) is 1.68. The standard InChI is InChI=1S/C9H15N3OS2/c10-8-5-12(9(6-14)15-8)7-11-1-3-13-4-2-11/h5-6,9H,1-4,7,10H2. The molecule has 2 aliphatic heterocycles. The Balaban J connectivity index is 1.89. The van der Waals surface area contributed by atoms with E-state index in [9.17, 15) is 0 Å². The second-order valence-corrected chi connectivity index (χ2v) is 5.02. The van der Waals surface area contributed by atoms with Gasteiger partial charge in [0.25, 0.3) is 0 Å². The second-order valence-electron chi connectivity index (χ2n) is 3.56. The molecular formula is C9H15N3OS2. The summed E-state index contributed by atoms with van der Waals surface area (Å²) >= 11 is 6.60. The number of morpholine rings is 1. The Hall–Kier alpha value is -0.300. The first-order chi connectivity index (χ1) is 7.29.